The summed E-state index contributed by atoms with van der Waals surface area (Å²) < 4.78 is 27.9. The van der Waals surface area contributed by atoms with Gasteiger partial charge in [-0.1, -0.05) is 32.9 Å². The molecule has 0 bridgehead atoms. The zero-order valence-electron chi connectivity index (χ0n) is 15.9. The third-order valence-corrected chi connectivity index (χ3v) is 4.96. The van der Waals surface area contributed by atoms with E-state index in [1.54, 1.807) is 6.92 Å². The van der Waals surface area contributed by atoms with Crippen molar-refractivity contribution in [2.24, 2.45) is 0 Å². The van der Waals surface area contributed by atoms with Crippen molar-refractivity contribution in [2.45, 2.75) is 39.5 Å². The minimum atomic E-state index is -3.10. The van der Waals surface area contributed by atoms with E-state index in [1.165, 1.54) is 5.56 Å². The Morgan fingerprint density at radius 1 is 1.19 bits per heavy atom. The number of hydrogen-bond acceptors (Lipinski definition) is 5. The number of oxazole rings is 1. The molecule has 2 aromatic rings. The minimum absolute atomic E-state index is 0.0547. The van der Waals surface area contributed by atoms with E-state index in [-0.39, 0.29) is 30.0 Å². The average molecular weight is 378 g/mol. The van der Waals surface area contributed by atoms with Gasteiger partial charge in [-0.25, -0.2) is 13.4 Å². The second-order valence-electron chi connectivity index (χ2n) is 7.51. The van der Waals surface area contributed by atoms with Crippen molar-refractivity contribution >= 4 is 15.7 Å². The molecule has 0 aliphatic rings. The van der Waals surface area contributed by atoms with Gasteiger partial charge in [0.1, 0.15) is 15.6 Å². The minimum Gasteiger partial charge on any atom is -0.441 e. The summed E-state index contributed by atoms with van der Waals surface area (Å²) in [5.41, 5.74) is 2.69. The Kier molecular flexibility index (Phi) is 5.91. The van der Waals surface area contributed by atoms with E-state index in [9.17, 15) is 13.2 Å². The molecule has 2 rings (SSSR count). The molecule has 0 radical (unpaired) electrons. The molecule has 1 amide bonds. The molecule has 0 saturated carbocycles. The zero-order valence-corrected chi connectivity index (χ0v) is 16.7. The number of benzene rings is 1. The molecule has 0 atom stereocenters. The van der Waals surface area contributed by atoms with E-state index in [0.717, 1.165) is 11.8 Å². The molecule has 0 aliphatic carbocycles. The number of amides is 1. The van der Waals surface area contributed by atoms with Gasteiger partial charge < -0.3 is 9.73 Å². The Bertz CT molecular complexity index is 875. The molecule has 1 heterocycles. The first kappa shape index (κ1) is 20.2. The van der Waals surface area contributed by atoms with Crippen LogP contribution in [0.25, 0.3) is 11.5 Å². The highest BCUT2D eigenvalue weighted by Crippen LogP contribution is 2.27. The second kappa shape index (κ2) is 7.61. The van der Waals surface area contributed by atoms with Gasteiger partial charge >= 0.3 is 0 Å². The van der Waals surface area contributed by atoms with Crippen LogP contribution in [-0.2, 0) is 26.5 Å². The summed E-state index contributed by atoms with van der Waals surface area (Å²) in [5.74, 6) is 0.696. The highest BCUT2D eigenvalue weighted by atomic mass is 32.2. The van der Waals surface area contributed by atoms with Crippen LogP contribution in [0.5, 0.6) is 0 Å². The van der Waals surface area contributed by atoms with Crippen molar-refractivity contribution in [3.05, 3.63) is 41.3 Å². The number of hydrogen-bond donors (Lipinski definition) is 1. The largest absolute Gasteiger partial charge is 0.441 e. The van der Waals surface area contributed by atoms with E-state index in [2.05, 4.69) is 31.1 Å². The quantitative estimate of drug-likeness (QED) is 0.835. The molecule has 0 spiro atoms. The third-order valence-electron chi connectivity index (χ3n) is 4.01. The number of sulfone groups is 1. The molecule has 0 unspecified atom stereocenters. The van der Waals surface area contributed by atoms with Crippen molar-refractivity contribution in [3.8, 4) is 11.5 Å². The fourth-order valence-electron chi connectivity index (χ4n) is 2.42. The van der Waals surface area contributed by atoms with E-state index in [4.69, 9.17) is 4.42 Å². The molecule has 142 valence electrons. The van der Waals surface area contributed by atoms with Crippen LogP contribution < -0.4 is 5.32 Å². The molecule has 7 heteroatoms. The average Bonchev–Trinajstić information content (AvgIpc) is 2.86. The number of aromatic nitrogens is 1. The van der Waals surface area contributed by atoms with E-state index < -0.39 is 9.84 Å². The van der Waals surface area contributed by atoms with Crippen molar-refractivity contribution < 1.29 is 17.6 Å². The van der Waals surface area contributed by atoms with Crippen molar-refractivity contribution in [3.63, 3.8) is 0 Å². The van der Waals surface area contributed by atoms with Gasteiger partial charge in [0.15, 0.2) is 0 Å². The van der Waals surface area contributed by atoms with E-state index in [1.807, 2.05) is 24.3 Å². The summed E-state index contributed by atoms with van der Waals surface area (Å²) >= 11 is 0. The fourth-order valence-corrected chi connectivity index (χ4v) is 2.89. The molecule has 6 nitrogen and oxygen atoms in total. The maximum absolute atomic E-state index is 12.0. The van der Waals surface area contributed by atoms with Crippen LogP contribution >= 0.6 is 0 Å². The van der Waals surface area contributed by atoms with Gasteiger partial charge in [0.25, 0.3) is 0 Å². The first-order valence-electron chi connectivity index (χ1n) is 8.47. The highest BCUT2D eigenvalue weighted by molar-refractivity contribution is 7.90. The Hall–Kier alpha value is -2.15. The van der Waals surface area contributed by atoms with Crippen LogP contribution in [0.3, 0.4) is 0 Å². The third kappa shape index (κ3) is 5.69. The van der Waals surface area contributed by atoms with Gasteiger partial charge in [-0.2, -0.15) is 0 Å². The summed E-state index contributed by atoms with van der Waals surface area (Å²) in [5, 5.41) is 2.59. The summed E-state index contributed by atoms with van der Waals surface area (Å²) in [6, 6.07) is 8.02. The normalized spacial score (nSPS) is 12.2. The lowest BCUT2D eigenvalue weighted by Gasteiger charge is -2.18. The van der Waals surface area contributed by atoms with E-state index >= 15 is 0 Å². The van der Waals surface area contributed by atoms with Crippen LogP contribution in [0.2, 0.25) is 0 Å². The smallest absolute Gasteiger partial charge is 0.226 e. The number of aryl methyl sites for hydroxylation is 1. The SMILES string of the molecule is Cc1oc(-c2ccc(C(C)(C)C)cc2)nc1CC(=O)NCCS(C)(=O)=O. The van der Waals surface area contributed by atoms with Gasteiger partial charge in [0.2, 0.25) is 11.8 Å². The number of nitrogens with zero attached hydrogens (tertiary/aromatic N) is 1. The lowest BCUT2D eigenvalue weighted by molar-refractivity contribution is -0.120. The first-order chi connectivity index (χ1) is 12.0. The highest BCUT2D eigenvalue weighted by Gasteiger charge is 2.17. The van der Waals surface area contributed by atoms with Gasteiger partial charge in [-0.15, -0.1) is 0 Å². The van der Waals surface area contributed by atoms with Crippen LogP contribution in [0.4, 0.5) is 0 Å². The van der Waals surface area contributed by atoms with Crippen molar-refractivity contribution in [2.75, 3.05) is 18.6 Å². The van der Waals surface area contributed by atoms with Gasteiger partial charge in [-0.05, 0) is 30.0 Å². The maximum atomic E-state index is 12.0. The molecule has 1 aromatic heterocycles. The molecule has 0 fully saturated rings. The van der Waals surface area contributed by atoms with Crippen LogP contribution in [-0.4, -0.2) is 37.9 Å². The number of carbonyl (C=O) groups excluding carboxylic acids is 1. The molecule has 1 N–H and O–H groups in total. The van der Waals surface area contributed by atoms with Crippen molar-refractivity contribution in [1.82, 2.24) is 10.3 Å². The van der Waals surface area contributed by atoms with Crippen LogP contribution in [0.1, 0.15) is 37.8 Å². The lowest BCUT2D eigenvalue weighted by atomic mass is 9.87. The number of carbonyl (C=O) groups is 1. The van der Waals surface area contributed by atoms with E-state index in [0.29, 0.717) is 17.3 Å². The Morgan fingerprint density at radius 3 is 2.35 bits per heavy atom. The lowest BCUT2D eigenvalue weighted by Crippen LogP contribution is -2.30. The molecule has 0 aliphatic heterocycles. The Balaban J connectivity index is 2.05. The molecule has 1 aromatic carbocycles. The standard InChI is InChI=1S/C19H26N2O4S/c1-13-16(12-17(22)20-10-11-26(5,23)24)21-18(25-13)14-6-8-15(9-7-14)19(2,3)4/h6-9H,10-12H2,1-5H3,(H,20,22). The Morgan fingerprint density at radius 2 is 1.81 bits per heavy atom. The summed E-state index contributed by atoms with van der Waals surface area (Å²) in [6.07, 6.45) is 1.19. The molecule has 0 saturated heterocycles. The maximum Gasteiger partial charge on any atom is 0.226 e. The number of nitrogens with one attached hydrogen (secondary N) is 1. The van der Waals surface area contributed by atoms with Crippen molar-refractivity contribution in [1.29, 1.82) is 0 Å². The predicted octanol–water partition coefficient (Wildman–Crippen LogP) is 2.65. The summed E-state index contributed by atoms with van der Waals surface area (Å²) in [4.78, 5) is 16.4. The van der Waals surface area contributed by atoms with Gasteiger partial charge in [-0.3, -0.25) is 4.79 Å². The predicted molar refractivity (Wildman–Crippen MR) is 102 cm³/mol. The molecule has 26 heavy (non-hydrogen) atoms. The summed E-state index contributed by atoms with van der Waals surface area (Å²) in [7, 11) is -3.10. The molecular formula is C19H26N2O4S. The molecular weight excluding hydrogens is 352 g/mol. The monoisotopic (exact) mass is 378 g/mol. The Labute approximate surface area is 154 Å². The van der Waals surface area contributed by atoms with Gasteiger partial charge in [0.05, 0.1) is 17.9 Å². The summed E-state index contributed by atoms with van der Waals surface area (Å²) in [6.45, 7) is 8.31. The topological polar surface area (TPSA) is 89.3 Å². The zero-order chi connectivity index (χ0) is 19.5. The van der Waals surface area contributed by atoms with Crippen LogP contribution in [0.15, 0.2) is 28.7 Å². The second-order valence-corrected chi connectivity index (χ2v) is 9.77. The first-order valence-corrected chi connectivity index (χ1v) is 10.5. The van der Waals surface area contributed by atoms with Crippen LogP contribution in [0, 0.1) is 6.92 Å². The number of rotatable bonds is 6. The fraction of sp³-hybridized carbons (Fsp3) is 0.474. The van der Waals surface area contributed by atoms with Gasteiger partial charge in [0, 0.05) is 18.4 Å².